The zero-order valence-corrected chi connectivity index (χ0v) is 18.1. The van der Waals surface area contributed by atoms with Gasteiger partial charge in [-0.3, -0.25) is 14.5 Å². The molecule has 0 N–H and O–H groups in total. The topological polar surface area (TPSA) is 93.9 Å². The third kappa shape index (κ3) is 3.93. The number of carbonyl (C=O) groups is 3. The number of benzene rings is 2. The maximum absolute atomic E-state index is 13.1. The first-order valence-corrected chi connectivity index (χ1v) is 10.4. The van der Waals surface area contributed by atoms with Crippen molar-refractivity contribution in [2.24, 2.45) is 5.92 Å². The Hall–Kier alpha value is -3.74. The first-order chi connectivity index (χ1) is 15.3. The number of imide groups is 1. The van der Waals surface area contributed by atoms with Gasteiger partial charge in [0.2, 0.25) is 0 Å². The highest BCUT2D eigenvalue weighted by Crippen LogP contribution is 2.28. The van der Waals surface area contributed by atoms with Crippen molar-refractivity contribution in [2.75, 3.05) is 0 Å². The summed E-state index contributed by atoms with van der Waals surface area (Å²) in [4.78, 5) is 51.8. The van der Waals surface area contributed by atoms with Crippen LogP contribution in [0.25, 0.3) is 11.0 Å². The van der Waals surface area contributed by atoms with E-state index in [1.165, 1.54) is 6.07 Å². The fourth-order valence-electron chi connectivity index (χ4n) is 3.95. The van der Waals surface area contributed by atoms with E-state index >= 15 is 0 Å². The van der Waals surface area contributed by atoms with Gasteiger partial charge in [-0.15, -0.1) is 0 Å². The van der Waals surface area contributed by atoms with Gasteiger partial charge in [0, 0.05) is 17.0 Å². The number of esters is 1. The summed E-state index contributed by atoms with van der Waals surface area (Å²) in [6.45, 7) is 5.50. The SMILES string of the molecule is Cc1ccc2c(COC(=O)C(CC(C)C)N3C(=O)c4ccccc4C3=O)cc(=O)oc2c1. The largest absolute Gasteiger partial charge is 0.459 e. The molecule has 0 bridgehead atoms. The number of aryl methyl sites for hydroxylation is 1. The second-order valence-corrected chi connectivity index (χ2v) is 8.37. The first-order valence-electron chi connectivity index (χ1n) is 10.4. The van der Waals surface area contributed by atoms with Gasteiger partial charge in [-0.1, -0.05) is 38.1 Å². The molecule has 1 unspecified atom stereocenters. The van der Waals surface area contributed by atoms with E-state index in [0.29, 0.717) is 16.5 Å². The number of hydrogen-bond donors (Lipinski definition) is 0. The molecule has 1 aliphatic heterocycles. The molecule has 0 spiro atoms. The lowest BCUT2D eigenvalue weighted by Gasteiger charge is -2.26. The van der Waals surface area contributed by atoms with E-state index in [1.807, 2.05) is 26.8 Å². The number of nitrogens with zero attached hydrogens (tertiary/aromatic N) is 1. The Labute approximate surface area is 184 Å². The van der Waals surface area contributed by atoms with Crippen molar-refractivity contribution in [3.63, 3.8) is 0 Å². The predicted molar refractivity (Wildman–Crippen MR) is 117 cm³/mol. The zero-order valence-electron chi connectivity index (χ0n) is 18.1. The average molecular weight is 433 g/mol. The van der Waals surface area contributed by atoms with Crippen LogP contribution in [0.3, 0.4) is 0 Å². The summed E-state index contributed by atoms with van der Waals surface area (Å²) in [6.07, 6.45) is 0.265. The molecular weight excluding hydrogens is 410 g/mol. The highest BCUT2D eigenvalue weighted by atomic mass is 16.5. The van der Waals surface area contributed by atoms with Crippen LogP contribution in [-0.4, -0.2) is 28.7 Å². The Morgan fingerprint density at radius 3 is 2.28 bits per heavy atom. The van der Waals surface area contributed by atoms with Gasteiger partial charge in [0.25, 0.3) is 11.8 Å². The van der Waals surface area contributed by atoms with Gasteiger partial charge in [0.1, 0.15) is 18.2 Å². The van der Waals surface area contributed by atoms with E-state index in [2.05, 4.69) is 0 Å². The molecular formula is C25H23NO6. The Morgan fingerprint density at radius 1 is 1.00 bits per heavy atom. The van der Waals surface area contributed by atoms with Crippen LogP contribution in [0, 0.1) is 12.8 Å². The van der Waals surface area contributed by atoms with Gasteiger partial charge in [-0.25, -0.2) is 9.59 Å². The maximum Gasteiger partial charge on any atom is 0.336 e. The van der Waals surface area contributed by atoms with Gasteiger partial charge in [-0.05, 0) is 43.0 Å². The minimum absolute atomic E-state index is 0.0319. The van der Waals surface area contributed by atoms with Crippen LogP contribution in [0.1, 0.15) is 52.1 Å². The second kappa shape index (κ2) is 8.42. The molecule has 2 heterocycles. The molecule has 0 aliphatic carbocycles. The smallest absolute Gasteiger partial charge is 0.336 e. The van der Waals surface area contributed by atoms with E-state index in [4.69, 9.17) is 9.15 Å². The number of ether oxygens (including phenoxy) is 1. The van der Waals surface area contributed by atoms with E-state index in [9.17, 15) is 19.2 Å². The normalized spacial score (nSPS) is 14.2. The number of amides is 2. The minimum Gasteiger partial charge on any atom is -0.459 e. The van der Waals surface area contributed by atoms with Gasteiger partial charge in [0.15, 0.2) is 0 Å². The standard InChI is InChI=1S/C25H23NO6/c1-14(2)10-20(26-23(28)18-6-4-5-7-19(18)24(26)29)25(30)31-13-16-12-22(27)32-21-11-15(3)8-9-17(16)21/h4-9,11-12,14,20H,10,13H2,1-3H3. The summed E-state index contributed by atoms with van der Waals surface area (Å²) in [6, 6.07) is 12.1. The van der Waals surface area contributed by atoms with Crippen LogP contribution >= 0.6 is 0 Å². The summed E-state index contributed by atoms with van der Waals surface area (Å²) in [5, 5.41) is 0.657. The Bertz CT molecular complexity index is 1250. The summed E-state index contributed by atoms with van der Waals surface area (Å²) in [5.41, 5.74) is 1.84. The van der Waals surface area contributed by atoms with Crippen molar-refractivity contribution in [3.05, 3.63) is 81.2 Å². The van der Waals surface area contributed by atoms with E-state index in [1.54, 1.807) is 36.4 Å². The summed E-state index contributed by atoms with van der Waals surface area (Å²) < 4.78 is 10.8. The number of fused-ring (bicyclic) bond motifs is 2. The van der Waals surface area contributed by atoms with Gasteiger partial charge in [-0.2, -0.15) is 0 Å². The summed E-state index contributed by atoms with van der Waals surface area (Å²) in [5.74, 6) is -1.67. The van der Waals surface area contributed by atoms with E-state index in [0.717, 1.165) is 10.5 Å². The molecule has 7 nitrogen and oxygen atoms in total. The lowest BCUT2D eigenvalue weighted by molar-refractivity contribution is -0.150. The first kappa shape index (κ1) is 21.5. The predicted octanol–water partition coefficient (Wildman–Crippen LogP) is 3.86. The Kier molecular flexibility index (Phi) is 5.65. The molecule has 7 heteroatoms. The second-order valence-electron chi connectivity index (χ2n) is 8.37. The molecule has 32 heavy (non-hydrogen) atoms. The molecule has 0 fully saturated rings. The quantitative estimate of drug-likeness (QED) is 0.333. The number of hydrogen-bond acceptors (Lipinski definition) is 6. The highest BCUT2D eigenvalue weighted by Gasteiger charge is 2.43. The van der Waals surface area contributed by atoms with Crippen LogP contribution in [0.5, 0.6) is 0 Å². The monoisotopic (exact) mass is 433 g/mol. The third-order valence-electron chi connectivity index (χ3n) is 5.46. The molecule has 0 radical (unpaired) electrons. The van der Waals surface area contributed by atoms with Gasteiger partial charge in [0.05, 0.1) is 11.1 Å². The molecule has 1 aliphatic rings. The molecule has 3 aromatic rings. The fraction of sp³-hybridized carbons (Fsp3) is 0.280. The van der Waals surface area contributed by atoms with E-state index < -0.39 is 29.5 Å². The average Bonchev–Trinajstić information content (AvgIpc) is 3.00. The zero-order chi connectivity index (χ0) is 23.0. The van der Waals surface area contributed by atoms with Crippen LogP contribution in [-0.2, 0) is 16.1 Å². The number of rotatable bonds is 6. The van der Waals surface area contributed by atoms with Crippen molar-refractivity contribution in [3.8, 4) is 0 Å². The van der Waals surface area contributed by atoms with Crippen molar-refractivity contribution >= 4 is 28.8 Å². The lowest BCUT2D eigenvalue weighted by Crippen LogP contribution is -2.46. The van der Waals surface area contributed by atoms with Crippen molar-refractivity contribution in [1.29, 1.82) is 0 Å². The highest BCUT2D eigenvalue weighted by molar-refractivity contribution is 6.22. The molecule has 1 atom stereocenters. The van der Waals surface area contributed by atoms with Gasteiger partial charge >= 0.3 is 11.6 Å². The molecule has 0 saturated heterocycles. The Morgan fingerprint density at radius 2 is 1.66 bits per heavy atom. The van der Waals surface area contributed by atoms with Crippen molar-refractivity contribution in [1.82, 2.24) is 4.90 Å². The third-order valence-corrected chi connectivity index (χ3v) is 5.46. The molecule has 4 rings (SSSR count). The Balaban J connectivity index is 1.61. The minimum atomic E-state index is -1.06. The van der Waals surface area contributed by atoms with Crippen molar-refractivity contribution in [2.45, 2.75) is 39.8 Å². The van der Waals surface area contributed by atoms with Gasteiger partial charge < -0.3 is 9.15 Å². The van der Waals surface area contributed by atoms with Crippen LogP contribution in [0.4, 0.5) is 0 Å². The molecule has 2 amide bonds. The maximum atomic E-state index is 13.1. The van der Waals surface area contributed by atoms with E-state index in [-0.39, 0.29) is 30.1 Å². The van der Waals surface area contributed by atoms with Crippen molar-refractivity contribution < 1.29 is 23.5 Å². The lowest BCUT2D eigenvalue weighted by atomic mass is 10.0. The summed E-state index contributed by atoms with van der Waals surface area (Å²) in [7, 11) is 0. The van der Waals surface area contributed by atoms with Crippen LogP contribution in [0.15, 0.2) is 57.7 Å². The number of carbonyl (C=O) groups excluding carboxylic acids is 3. The molecule has 164 valence electrons. The van der Waals surface area contributed by atoms with Crippen LogP contribution < -0.4 is 5.63 Å². The molecule has 2 aromatic carbocycles. The molecule has 0 saturated carbocycles. The molecule has 1 aromatic heterocycles. The summed E-state index contributed by atoms with van der Waals surface area (Å²) >= 11 is 0. The fourth-order valence-corrected chi connectivity index (χ4v) is 3.95. The van der Waals surface area contributed by atoms with Crippen LogP contribution in [0.2, 0.25) is 0 Å².